The van der Waals surface area contributed by atoms with E-state index in [-0.39, 0.29) is 38.5 Å². The number of aromatic hydroxyl groups is 1. The van der Waals surface area contributed by atoms with E-state index >= 15 is 0 Å². The molecule has 0 atom stereocenters. The van der Waals surface area contributed by atoms with Crippen molar-refractivity contribution in [3.8, 4) is 11.5 Å². The average Bonchev–Trinajstić information content (AvgIpc) is 2.63. The molecule has 0 saturated carbocycles. The van der Waals surface area contributed by atoms with Crippen molar-refractivity contribution in [1.82, 2.24) is 5.43 Å². The first-order chi connectivity index (χ1) is 12.7. The number of amides is 1. The molecule has 2 aromatic rings. The van der Waals surface area contributed by atoms with E-state index in [0.29, 0.717) is 0 Å². The predicted molar refractivity (Wildman–Crippen MR) is 97.2 cm³/mol. The van der Waals surface area contributed by atoms with Crippen molar-refractivity contribution < 1.29 is 24.5 Å². The van der Waals surface area contributed by atoms with Gasteiger partial charge in [0.1, 0.15) is 11.5 Å². The van der Waals surface area contributed by atoms with Crippen LogP contribution in [0.5, 0.6) is 11.5 Å². The number of hydrogen-bond acceptors (Lipinski definition) is 8. The standard InChI is InChI=1S/C15H11BrN4O7/c1-27-13-3-2-9(19(23)24)5-11(13)15(22)18-17-7-8-4-10(20(25)26)6-12(16)14(8)21/h2-7,21H,1H3,(H,18,22)/b17-7-. The summed E-state index contributed by atoms with van der Waals surface area (Å²) in [5, 5.41) is 35.2. The summed E-state index contributed by atoms with van der Waals surface area (Å²) in [5.74, 6) is -1.03. The van der Waals surface area contributed by atoms with Gasteiger partial charge in [-0.1, -0.05) is 0 Å². The van der Waals surface area contributed by atoms with E-state index in [1.165, 1.54) is 19.2 Å². The van der Waals surface area contributed by atoms with Crippen molar-refractivity contribution in [2.24, 2.45) is 5.10 Å². The van der Waals surface area contributed by atoms with E-state index in [1.807, 2.05) is 0 Å². The zero-order chi connectivity index (χ0) is 20.1. The largest absolute Gasteiger partial charge is 0.506 e. The third-order valence-corrected chi connectivity index (χ3v) is 3.90. The molecule has 12 heteroatoms. The molecule has 0 aliphatic heterocycles. The van der Waals surface area contributed by atoms with E-state index < -0.39 is 15.8 Å². The minimum Gasteiger partial charge on any atom is -0.506 e. The van der Waals surface area contributed by atoms with E-state index in [0.717, 1.165) is 24.4 Å². The molecule has 0 bridgehead atoms. The fourth-order valence-corrected chi connectivity index (χ4v) is 2.48. The van der Waals surface area contributed by atoms with Gasteiger partial charge in [-0.05, 0) is 22.0 Å². The second-order valence-electron chi connectivity index (χ2n) is 4.96. The summed E-state index contributed by atoms with van der Waals surface area (Å²) in [4.78, 5) is 32.6. The summed E-state index contributed by atoms with van der Waals surface area (Å²) < 4.78 is 5.06. The molecule has 140 valence electrons. The fraction of sp³-hybridized carbons (Fsp3) is 0.0667. The van der Waals surface area contributed by atoms with Crippen LogP contribution in [0.4, 0.5) is 11.4 Å². The number of carbonyl (C=O) groups is 1. The molecule has 0 aliphatic rings. The smallest absolute Gasteiger partial charge is 0.275 e. The first-order valence-corrected chi connectivity index (χ1v) is 7.86. The van der Waals surface area contributed by atoms with Crippen LogP contribution >= 0.6 is 15.9 Å². The van der Waals surface area contributed by atoms with Gasteiger partial charge in [-0.2, -0.15) is 5.10 Å². The van der Waals surface area contributed by atoms with Gasteiger partial charge in [0.25, 0.3) is 17.3 Å². The molecule has 0 radical (unpaired) electrons. The Kier molecular flexibility index (Phi) is 6.03. The second kappa shape index (κ2) is 8.23. The van der Waals surface area contributed by atoms with E-state index in [1.54, 1.807) is 0 Å². The molecule has 0 unspecified atom stereocenters. The summed E-state index contributed by atoms with van der Waals surface area (Å²) in [7, 11) is 1.29. The van der Waals surface area contributed by atoms with Crippen LogP contribution in [0.25, 0.3) is 0 Å². The van der Waals surface area contributed by atoms with Crippen LogP contribution in [0.1, 0.15) is 15.9 Å². The zero-order valence-corrected chi connectivity index (χ0v) is 15.2. The van der Waals surface area contributed by atoms with Crippen molar-refractivity contribution in [2.75, 3.05) is 7.11 Å². The van der Waals surface area contributed by atoms with Gasteiger partial charge >= 0.3 is 0 Å². The van der Waals surface area contributed by atoms with Crippen LogP contribution in [0.3, 0.4) is 0 Å². The van der Waals surface area contributed by atoms with E-state index in [2.05, 4.69) is 26.5 Å². The Balaban J connectivity index is 2.27. The highest BCUT2D eigenvalue weighted by Gasteiger charge is 2.17. The van der Waals surface area contributed by atoms with Crippen LogP contribution in [0.15, 0.2) is 39.9 Å². The minimum atomic E-state index is -0.809. The number of rotatable bonds is 6. The molecule has 0 fully saturated rings. The highest BCUT2D eigenvalue weighted by atomic mass is 79.9. The molecule has 2 rings (SSSR count). The van der Waals surface area contributed by atoms with Crippen molar-refractivity contribution in [2.45, 2.75) is 0 Å². The summed E-state index contributed by atoms with van der Waals surface area (Å²) in [6.45, 7) is 0. The average molecular weight is 439 g/mol. The zero-order valence-electron chi connectivity index (χ0n) is 13.6. The number of phenolic OH excluding ortho intramolecular Hbond substituents is 1. The maximum atomic E-state index is 12.2. The Morgan fingerprint density at radius 1 is 1.22 bits per heavy atom. The lowest BCUT2D eigenvalue weighted by atomic mass is 10.1. The minimum absolute atomic E-state index is 0.0256. The van der Waals surface area contributed by atoms with Crippen LogP contribution in [0, 0.1) is 20.2 Å². The SMILES string of the molecule is COc1ccc([N+](=O)[O-])cc1C(=O)N/N=C\c1cc([N+](=O)[O-])cc(Br)c1O. The number of ether oxygens (including phenoxy) is 1. The lowest BCUT2D eigenvalue weighted by Gasteiger charge is -2.07. The van der Waals surface area contributed by atoms with E-state index in [9.17, 15) is 30.1 Å². The molecule has 0 aliphatic carbocycles. The summed E-state index contributed by atoms with van der Waals surface area (Å²) in [6, 6.07) is 5.63. The van der Waals surface area contributed by atoms with Crippen molar-refractivity contribution in [1.29, 1.82) is 0 Å². The number of phenols is 1. The molecule has 2 N–H and O–H groups in total. The number of nitro groups is 2. The molecule has 1 amide bonds. The topological polar surface area (TPSA) is 157 Å². The lowest BCUT2D eigenvalue weighted by Crippen LogP contribution is -2.18. The number of nitrogens with one attached hydrogen (secondary N) is 1. The van der Waals surface area contributed by atoms with Crippen LogP contribution < -0.4 is 10.2 Å². The molecule has 0 aromatic heterocycles. The van der Waals surface area contributed by atoms with Crippen LogP contribution in [-0.2, 0) is 0 Å². The summed E-state index contributed by atoms with van der Waals surface area (Å²) in [5.41, 5.74) is 1.35. The molecular weight excluding hydrogens is 428 g/mol. The number of hydrazone groups is 1. The van der Waals surface area contributed by atoms with Gasteiger partial charge in [0, 0.05) is 29.8 Å². The van der Waals surface area contributed by atoms with Crippen molar-refractivity contribution in [3.05, 3.63) is 66.2 Å². The molecule has 2 aromatic carbocycles. The number of carbonyl (C=O) groups excluding carboxylic acids is 1. The number of nitro benzene ring substituents is 2. The van der Waals surface area contributed by atoms with Gasteiger partial charge in [0.05, 0.1) is 33.2 Å². The maximum absolute atomic E-state index is 12.2. The van der Waals surface area contributed by atoms with Crippen molar-refractivity contribution in [3.63, 3.8) is 0 Å². The molecule has 27 heavy (non-hydrogen) atoms. The number of hydrogen-bond donors (Lipinski definition) is 2. The predicted octanol–water partition coefficient (Wildman–Crippen LogP) is 2.74. The monoisotopic (exact) mass is 438 g/mol. The maximum Gasteiger partial charge on any atom is 0.275 e. The number of non-ortho nitro benzene ring substituents is 2. The third-order valence-electron chi connectivity index (χ3n) is 3.30. The highest BCUT2D eigenvalue weighted by molar-refractivity contribution is 9.10. The summed E-state index contributed by atoms with van der Waals surface area (Å²) in [6.07, 6.45) is 0.995. The quantitative estimate of drug-likeness (QED) is 0.398. The Morgan fingerprint density at radius 3 is 2.48 bits per heavy atom. The number of benzene rings is 2. The highest BCUT2D eigenvalue weighted by Crippen LogP contribution is 2.31. The Hall–Kier alpha value is -3.54. The third kappa shape index (κ3) is 4.55. The first kappa shape index (κ1) is 19.8. The van der Waals surface area contributed by atoms with Gasteiger partial charge < -0.3 is 9.84 Å². The Morgan fingerprint density at radius 2 is 1.89 bits per heavy atom. The number of methoxy groups -OCH3 is 1. The van der Waals surface area contributed by atoms with Gasteiger partial charge in [-0.25, -0.2) is 5.43 Å². The normalized spacial score (nSPS) is 10.6. The van der Waals surface area contributed by atoms with Gasteiger partial charge in [0.2, 0.25) is 0 Å². The Bertz CT molecular complexity index is 961. The molecule has 0 spiro atoms. The first-order valence-electron chi connectivity index (χ1n) is 7.07. The summed E-state index contributed by atoms with van der Waals surface area (Å²) >= 11 is 2.98. The molecule has 0 saturated heterocycles. The molecule has 0 heterocycles. The van der Waals surface area contributed by atoms with Crippen LogP contribution in [0.2, 0.25) is 0 Å². The van der Waals surface area contributed by atoms with Crippen molar-refractivity contribution >= 4 is 39.4 Å². The van der Waals surface area contributed by atoms with Crippen LogP contribution in [-0.4, -0.2) is 34.2 Å². The van der Waals surface area contributed by atoms with Gasteiger partial charge in [-0.3, -0.25) is 25.0 Å². The molecular formula is C15H11BrN4O7. The Labute approximate surface area is 159 Å². The number of halogens is 1. The van der Waals surface area contributed by atoms with Gasteiger partial charge in [0.15, 0.2) is 0 Å². The lowest BCUT2D eigenvalue weighted by molar-refractivity contribution is -0.385. The fourth-order valence-electron chi connectivity index (χ4n) is 2.02. The van der Waals surface area contributed by atoms with Gasteiger partial charge in [-0.15, -0.1) is 0 Å². The second-order valence-corrected chi connectivity index (χ2v) is 5.82. The molecule has 11 nitrogen and oxygen atoms in total. The number of nitrogens with zero attached hydrogens (tertiary/aromatic N) is 3. The van der Waals surface area contributed by atoms with E-state index in [4.69, 9.17) is 4.74 Å².